The van der Waals surface area contributed by atoms with Gasteiger partial charge < -0.3 is 11.1 Å². The Labute approximate surface area is 150 Å². The first-order valence-electron chi connectivity index (χ1n) is 7.10. The minimum atomic E-state index is -3.12. The molecule has 0 unspecified atom stereocenters. The average Bonchev–Trinajstić information content (AvgIpc) is 2.47. The zero-order chi connectivity index (χ0) is 15.7. The number of nitrogens with one attached hydrogen (secondary N) is 2. The molecule has 0 aromatic heterocycles. The van der Waals surface area contributed by atoms with Crippen LogP contribution in [0.2, 0.25) is 0 Å². The standard InChI is InChI=1S/C14H24N4O2S.HI/c1-3-12-7-5-8-13(11-12)18-14(15)16-9-6-10-17-21(19,20)4-2;/h5,7-8,11,17H,3-4,6,9-10H2,1-2H3,(H3,15,16,18);1H. The van der Waals surface area contributed by atoms with Gasteiger partial charge in [0.2, 0.25) is 10.0 Å². The number of guanidine groups is 1. The van der Waals surface area contributed by atoms with Crippen LogP contribution in [0.1, 0.15) is 25.8 Å². The minimum Gasteiger partial charge on any atom is -0.370 e. The number of rotatable bonds is 8. The van der Waals surface area contributed by atoms with E-state index < -0.39 is 10.0 Å². The van der Waals surface area contributed by atoms with Crippen molar-refractivity contribution < 1.29 is 8.42 Å². The number of nitrogens with zero attached hydrogens (tertiary/aromatic N) is 1. The van der Waals surface area contributed by atoms with Gasteiger partial charge in [-0.3, -0.25) is 4.99 Å². The number of halogens is 1. The second-order valence-corrected chi connectivity index (χ2v) is 6.69. The topological polar surface area (TPSA) is 96.6 Å². The van der Waals surface area contributed by atoms with E-state index in [0.717, 1.165) is 12.1 Å². The molecular formula is C14H25IN4O2S. The third-order valence-electron chi connectivity index (χ3n) is 2.93. The van der Waals surface area contributed by atoms with Crippen LogP contribution in [-0.2, 0) is 16.4 Å². The van der Waals surface area contributed by atoms with Crippen LogP contribution in [0.3, 0.4) is 0 Å². The lowest BCUT2D eigenvalue weighted by Gasteiger charge is -2.07. The minimum absolute atomic E-state index is 0. The monoisotopic (exact) mass is 440 g/mol. The third kappa shape index (κ3) is 8.54. The molecule has 0 fully saturated rings. The van der Waals surface area contributed by atoms with Crippen molar-refractivity contribution in [3.8, 4) is 0 Å². The second-order valence-electron chi connectivity index (χ2n) is 4.60. The predicted octanol–water partition coefficient (Wildman–Crippen LogP) is 1.92. The van der Waals surface area contributed by atoms with Gasteiger partial charge >= 0.3 is 0 Å². The summed E-state index contributed by atoms with van der Waals surface area (Å²) in [7, 11) is -3.12. The third-order valence-corrected chi connectivity index (χ3v) is 4.33. The summed E-state index contributed by atoms with van der Waals surface area (Å²) in [5.74, 6) is 0.426. The maximum Gasteiger partial charge on any atom is 0.211 e. The van der Waals surface area contributed by atoms with Crippen LogP contribution >= 0.6 is 24.0 Å². The lowest BCUT2D eigenvalue weighted by atomic mass is 10.1. The highest BCUT2D eigenvalue weighted by molar-refractivity contribution is 14.0. The molecule has 8 heteroatoms. The number of hydrogen-bond donors (Lipinski definition) is 3. The van der Waals surface area contributed by atoms with E-state index in [2.05, 4.69) is 28.0 Å². The summed E-state index contributed by atoms with van der Waals surface area (Å²) in [6.45, 7) is 4.54. The van der Waals surface area contributed by atoms with E-state index in [1.165, 1.54) is 5.56 Å². The first-order chi connectivity index (χ1) is 9.96. The molecule has 1 aromatic carbocycles. The van der Waals surface area contributed by atoms with Crippen molar-refractivity contribution in [1.82, 2.24) is 4.72 Å². The van der Waals surface area contributed by atoms with Crippen molar-refractivity contribution in [1.29, 1.82) is 0 Å². The Morgan fingerprint density at radius 2 is 2.05 bits per heavy atom. The van der Waals surface area contributed by atoms with Crippen molar-refractivity contribution in [3.05, 3.63) is 29.8 Å². The van der Waals surface area contributed by atoms with Crippen LogP contribution in [0.4, 0.5) is 5.69 Å². The number of aliphatic imine (C=N–C) groups is 1. The van der Waals surface area contributed by atoms with E-state index >= 15 is 0 Å². The highest BCUT2D eigenvalue weighted by Crippen LogP contribution is 2.10. The summed E-state index contributed by atoms with van der Waals surface area (Å²) < 4.78 is 24.9. The molecule has 0 saturated heterocycles. The van der Waals surface area contributed by atoms with Crippen molar-refractivity contribution in [2.75, 3.05) is 24.2 Å². The molecule has 6 nitrogen and oxygen atoms in total. The van der Waals surface area contributed by atoms with Gasteiger partial charge in [0, 0.05) is 18.8 Å². The van der Waals surface area contributed by atoms with Gasteiger partial charge in [-0.1, -0.05) is 19.1 Å². The molecule has 0 radical (unpaired) electrons. The lowest BCUT2D eigenvalue weighted by molar-refractivity contribution is 0.581. The van der Waals surface area contributed by atoms with Crippen LogP contribution in [0.5, 0.6) is 0 Å². The van der Waals surface area contributed by atoms with E-state index in [9.17, 15) is 8.42 Å². The van der Waals surface area contributed by atoms with Gasteiger partial charge in [0.25, 0.3) is 0 Å². The number of benzene rings is 1. The number of hydrogen-bond acceptors (Lipinski definition) is 3. The fourth-order valence-electron chi connectivity index (χ4n) is 1.66. The molecule has 0 aliphatic rings. The second kappa shape index (κ2) is 10.8. The smallest absolute Gasteiger partial charge is 0.211 e. The molecule has 22 heavy (non-hydrogen) atoms. The van der Waals surface area contributed by atoms with E-state index in [-0.39, 0.29) is 29.7 Å². The SMILES string of the molecule is CCc1cccc(NC(N)=NCCCNS(=O)(=O)CC)c1.I. The Kier molecular flexibility index (Phi) is 10.4. The number of aryl methyl sites for hydroxylation is 1. The molecule has 0 amide bonds. The van der Waals surface area contributed by atoms with E-state index in [1.54, 1.807) is 6.92 Å². The molecule has 0 bridgehead atoms. The highest BCUT2D eigenvalue weighted by Gasteiger charge is 2.04. The van der Waals surface area contributed by atoms with Crippen molar-refractivity contribution >= 4 is 45.6 Å². The van der Waals surface area contributed by atoms with Gasteiger partial charge in [-0.2, -0.15) is 0 Å². The molecule has 0 saturated carbocycles. The van der Waals surface area contributed by atoms with Crippen molar-refractivity contribution in [2.45, 2.75) is 26.7 Å². The Balaban J connectivity index is 0.00000441. The summed E-state index contributed by atoms with van der Waals surface area (Å²) >= 11 is 0. The van der Waals surface area contributed by atoms with Crippen LogP contribution in [0.15, 0.2) is 29.3 Å². The largest absolute Gasteiger partial charge is 0.370 e. The quantitative estimate of drug-likeness (QED) is 0.249. The van der Waals surface area contributed by atoms with E-state index in [0.29, 0.717) is 25.5 Å². The number of anilines is 1. The van der Waals surface area contributed by atoms with Gasteiger partial charge in [-0.15, -0.1) is 24.0 Å². The van der Waals surface area contributed by atoms with Gasteiger partial charge in [-0.25, -0.2) is 13.1 Å². The molecule has 0 aliphatic heterocycles. The Morgan fingerprint density at radius 1 is 1.32 bits per heavy atom. The maximum absolute atomic E-state index is 11.2. The predicted molar refractivity (Wildman–Crippen MR) is 103 cm³/mol. The zero-order valence-electron chi connectivity index (χ0n) is 13.0. The molecule has 0 spiro atoms. The first-order valence-corrected chi connectivity index (χ1v) is 8.75. The molecule has 0 heterocycles. The number of sulfonamides is 1. The fourth-order valence-corrected chi connectivity index (χ4v) is 2.32. The van der Waals surface area contributed by atoms with Gasteiger partial charge in [-0.05, 0) is 37.5 Å². The lowest BCUT2D eigenvalue weighted by Crippen LogP contribution is -2.27. The van der Waals surface area contributed by atoms with Crippen LogP contribution in [-0.4, -0.2) is 33.2 Å². The number of nitrogens with two attached hydrogens (primary N) is 1. The Morgan fingerprint density at radius 3 is 2.68 bits per heavy atom. The average molecular weight is 440 g/mol. The molecule has 1 rings (SSSR count). The molecule has 0 aliphatic carbocycles. The Hall–Kier alpha value is -0.870. The van der Waals surface area contributed by atoms with Gasteiger partial charge in [0.15, 0.2) is 5.96 Å². The zero-order valence-corrected chi connectivity index (χ0v) is 16.1. The molecular weight excluding hydrogens is 415 g/mol. The van der Waals surface area contributed by atoms with Crippen molar-refractivity contribution in [2.24, 2.45) is 10.7 Å². The normalized spacial score (nSPS) is 11.8. The molecule has 0 atom stereocenters. The summed E-state index contributed by atoms with van der Waals surface area (Å²) in [4.78, 5) is 4.17. The molecule has 4 N–H and O–H groups in total. The van der Waals surface area contributed by atoms with Gasteiger partial charge in [0.05, 0.1) is 5.75 Å². The van der Waals surface area contributed by atoms with E-state index in [4.69, 9.17) is 5.73 Å². The molecule has 126 valence electrons. The molecule has 1 aromatic rings. The summed E-state index contributed by atoms with van der Waals surface area (Å²) in [6, 6.07) is 7.97. The van der Waals surface area contributed by atoms with Crippen LogP contribution in [0.25, 0.3) is 0 Å². The highest BCUT2D eigenvalue weighted by atomic mass is 127. The van der Waals surface area contributed by atoms with Crippen molar-refractivity contribution in [3.63, 3.8) is 0 Å². The Bertz CT molecular complexity index is 576. The summed E-state index contributed by atoms with van der Waals surface area (Å²) in [5, 5.41) is 3.02. The maximum atomic E-state index is 11.2. The van der Waals surface area contributed by atoms with Crippen LogP contribution in [0, 0.1) is 0 Å². The summed E-state index contributed by atoms with van der Waals surface area (Å²) in [6.07, 6.45) is 1.57. The van der Waals surface area contributed by atoms with Gasteiger partial charge in [0.1, 0.15) is 0 Å². The summed E-state index contributed by atoms with van der Waals surface area (Å²) in [5.41, 5.74) is 7.92. The fraction of sp³-hybridized carbons (Fsp3) is 0.500. The van der Waals surface area contributed by atoms with Crippen LogP contribution < -0.4 is 15.8 Å². The van der Waals surface area contributed by atoms with E-state index in [1.807, 2.05) is 18.2 Å². The first kappa shape index (κ1) is 21.1.